The van der Waals surface area contributed by atoms with E-state index < -0.39 is 8.24 Å². The van der Waals surface area contributed by atoms with Crippen LogP contribution in [0.1, 0.15) is 90.9 Å². The van der Waals surface area contributed by atoms with Crippen molar-refractivity contribution in [3.8, 4) is 0 Å². The van der Waals surface area contributed by atoms with Crippen LogP contribution in [0.4, 0.5) is 0 Å². The highest BCUT2D eigenvalue weighted by atomic mass is 28.3. The molecule has 0 spiro atoms. The molecule has 0 aromatic carbocycles. The summed E-state index contributed by atoms with van der Waals surface area (Å²) in [5.41, 5.74) is 1.23. The molecule has 0 aromatic rings. The molecule has 0 unspecified atom stereocenters. The van der Waals surface area contributed by atoms with Crippen LogP contribution < -0.4 is 0 Å². The first kappa shape index (κ1) is 24.7. The second-order valence-corrected chi connectivity index (χ2v) is 13.0. The van der Waals surface area contributed by atoms with Crippen molar-refractivity contribution >= 4 is 8.24 Å². The molecule has 0 fully saturated rings. The highest BCUT2D eigenvalue weighted by Crippen LogP contribution is 2.22. The summed E-state index contributed by atoms with van der Waals surface area (Å²) in [7, 11) is -1.41. The molecule has 0 atom stereocenters. The van der Waals surface area contributed by atoms with Gasteiger partial charge in [-0.3, -0.25) is 0 Å². The molecule has 0 bridgehead atoms. The topological polar surface area (TPSA) is 3.24 Å². The number of hydrogen-bond acceptors (Lipinski definition) is 1. The lowest BCUT2D eigenvalue weighted by Gasteiger charge is -2.37. The fraction of sp³-hybridized carbons (Fsp3) is 0.826. The van der Waals surface area contributed by atoms with Crippen molar-refractivity contribution in [1.29, 1.82) is 0 Å². The molecule has 0 saturated carbocycles. The molecule has 2 heteroatoms. The van der Waals surface area contributed by atoms with E-state index >= 15 is 0 Å². The Kier molecular flexibility index (Phi) is 15.7. The van der Waals surface area contributed by atoms with E-state index in [2.05, 4.69) is 44.7 Å². The van der Waals surface area contributed by atoms with Crippen LogP contribution in [-0.2, 0) is 0 Å². The number of allylic oxidation sites excluding steroid dienone is 2. The fourth-order valence-electron chi connectivity index (χ4n) is 3.62. The third kappa shape index (κ3) is 13.5. The quantitative estimate of drug-likeness (QED) is 0.135. The minimum Gasteiger partial charge on any atom is -0.323 e. The van der Waals surface area contributed by atoms with Gasteiger partial charge >= 0.3 is 0 Å². The van der Waals surface area contributed by atoms with Crippen molar-refractivity contribution in [2.75, 3.05) is 13.1 Å². The van der Waals surface area contributed by atoms with Gasteiger partial charge in [-0.05, 0) is 32.0 Å². The van der Waals surface area contributed by atoms with Gasteiger partial charge in [0.15, 0.2) is 0 Å². The summed E-state index contributed by atoms with van der Waals surface area (Å²) in [6.45, 7) is 20.3. The Labute approximate surface area is 161 Å². The average molecular weight is 366 g/mol. The molecule has 0 aliphatic heterocycles. The van der Waals surface area contributed by atoms with E-state index in [1.54, 1.807) is 0 Å². The van der Waals surface area contributed by atoms with Crippen LogP contribution in [0.25, 0.3) is 0 Å². The number of unbranched alkanes of at least 4 members (excludes halogenated alkanes) is 10. The molecule has 25 heavy (non-hydrogen) atoms. The largest absolute Gasteiger partial charge is 0.323 e. The molecule has 0 aliphatic rings. The Balaban J connectivity index is 4.33. The molecule has 1 nitrogen and oxygen atoms in total. The van der Waals surface area contributed by atoms with E-state index in [4.69, 9.17) is 0 Å². The van der Waals surface area contributed by atoms with Crippen LogP contribution in [0.5, 0.6) is 0 Å². The maximum Gasteiger partial charge on any atom is 0.126 e. The van der Waals surface area contributed by atoms with E-state index in [0.29, 0.717) is 0 Å². The summed E-state index contributed by atoms with van der Waals surface area (Å²) in [4.78, 5) is 0. The zero-order valence-electron chi connectivity index (χ0n) is 18.0. The van der Waals surface area contributed by atoms with Gasteiger partial charge in [0.25, 0.3) is 0 Å². The summed E-state index contributed by atoms with van der Waals surface area (Å²) in [6.07, 6.45) is 18.7. The molecule has 0 saturated heterocycles. The lowest BCUT2D eigenvalue weighted by molar-refractivity contribution is 0.385. The van der Waals surface area contributed by atoms with Gasteiger partial charge in [-0.25, -0.2) is 0 Å². The van der Waals surface area contributed by atoms with Gasteiger partial charge in [0, 0.05) is 0 Å². The normalized spacial score (nSPS) is 11.9. The van der Waals surface area contributed by atoms with Crippen molar-refractivity contribution < 1.29 is 0 Å². The monoisotopic (exact) mass is 365 g/mol. The smallest absolute Gasteiger partial charge is 0.126 e. The number of hydrogen-bond donors (Lipinski definition) is 0. The minimum absolute atomic E-state index is 1.17. The van der Waals surface area contributed by atoms with Crippen LogP contribution in [0.15, 0.2) is 24.8 Å². The van der Waals surface area contributed by atoms with Gasteiger partial charge < -0.3 is 4.57 Å². The predicted molar refractivity (Wildman–Crippen MR) is 120 cm³/mol. The van der Waals surface area contributed by atoms with Crippen molar-refractivity contribution in [3.05, 3.63) is 24.8 Å². The first-order valence-corrected chi connectivity index (χ1v) is 14.2. The Morgan fingerprint density at radius 2 is 1.16 bits per heavy atom. The van der Waals surface area contributed by atoms with Crippen LogP contribution in [0.2, 0.25) is 19.1 Å². The van der Waals surface area contributed by atoms with Crippen LogP contribution in [0.3, 0.4) is 0 Å². The molecule has 0 rings (SSSR count). The summed E-state index contributed by atoms with van der Waals surface area (Å²) in [6, 6.07) is 1.17. The molecule has 148 valence electrons. The number of nitrogens with zero attached hydrogens (tertiary/aromatic N) is 1. The van der Waals surface area contributed by atoms with E-state index in [-0.39, 0.29) is 0 Å². The van der Waals surface area contributed by atoms with Crippen molar-refractivity contribution in [2.45, 2.75) is 110 Å². The molecular formula is C23H47NSi. The third-order valence-corrected chi connectivity index (χ3v) is 8.85. The molecule has 0 radical (unpaired) electrons. The highest BCUT2D eigenvalue weighted by molar-refractivity contribution is 6.75. The summed E-state index contributed by atoms with van der Waals surface area (Å²) in [5.74, 6) is 0. The Hall–Kier alpha value is -0.343. The highest BCUT2D eigenvalue weighted by Gasteiger charge is 2.28. The fourth-order valence-corrected chi connectivity index (χ4v) is 6.63. The van der Waals surface area contributed by atoms with Gasteiger partial charge in [-0.2, -0.15) is 0 Å². The molecule has 0 N–H and O–H groups in total. The van der Waals surface area contributed by atoms with E-state index in [1.807, 2.05) is 6.08 Å². The second-order valence-electron chi connectivity index (χ2n) is 8.37. The SMILES string of the molecule is C=CC(=C)C[Si](C)(C)N(CCCCCCCC)CCCCCCCC. The lowest BCUT2D eigenvalue weighted by atomic mass is 10.1. The van der Waals surface area contributed by atoms with Gasteiger partial charge in [0.05, 0.1) is 0 Å². The maximum atomic E-state index is 4.19. The molecule has 0 aromatic heterocycles. The average Bonchev–Trinajstić information content (AvgIpc) is 2.58. The summed E-state index contributed by atoms with van der Waals surface area (Å²) >= 11 is 0. The van der Waals surface area contributed by atoms with E-state index in [1.165, 1.54) is 102 Å². The van der Waals surface area contributed by atoms with Crippen LogP contribution >= 0.6 is 0 Å². The maximum absolute atomic E-state index is 4.19. The van der Waals surface area contributed by atoms with Crippen molar-refractivity contribution in [2.24, 2.45) is 0 Å². The third-order valence-electron chi connectivity index (χ3n) is 5.37. The summed E-state index contributed by atoms with van der Waals surface area (Å²) in [5, 5.41) is 0. The molecule has 0 aliphatic carbocycles. The Morgan fingerprint density at radius 3 is 1.56 bits per heavy atom. The zero-order valence-corrected chi connectivity index (χ0v) is 19.0. The van der Waals surface area contributed by atoms with Crippen molar-refractivity contribution in [1.82, 2.24) is 4.57 Å². The minimum atomic E-state index is -1.41. The molecular weight excluding hydrogens is 318 g/mol. The van der Waals surface area contributed by atoms with Gasteiger partial charge in [-0.15, -0.1) is 0 Å². The summed E-state index contributed by atoms with van der Waals surface area (Å²) < 4.78 is 2.86. The van der Waals surface area contributed by atoms with Gasteiger partial charge in [0.2, 0.25) is 0 Å². The van der Waals surface area contributed by atoms with E-state index in [9.17, 15) is 0 Å². The first-order valence-electron chi connectivity index (χ1n) is 11.0. The van der Waals surface area contributed by atoms with Crippen LogP contribution in [-0.4, -0.2) is 25.9 Å². The first-order chi connectivity index (χ1) is 12.0. The van der Waals surface area contributed by atoms with E-state index in [0.717, 1.165) is 0 Å². The molecule has 0 amide bonds. The lowest BCUT2D eigenvalue weighted by Crippen LogP contribution is -2.49. The van der Waals surface area contributed by atoms with Gasteiger partial charge in [-0.1, -0.05) is 116 Å². The Bertz CT molecular complexity index is 319. The van der Waals surface area contributed by atoms with Gasteiger partial charge in [0.1, 0.15) is 8.24 Å². The standard InChI is InChI=1S/C23H47NSi/c1-7-10-12-14-16-18-20-24(21-19-17-15-13-11-8-2)25(5,6)22-23(4)9-3/h9H,3-4,7-8,10-22H2,1-2,5-6H3. The number of rotatable bonds is 18. The second kappa shape index (κ2) is 15.9. The van der Waals surface area contributed by atoms with Crippen molar-refractivity contribution in [3.63, 3.8) is 0 Å². The Morgan fingerprint density at radius 1 is 0.760 bits per heavy atom. The van der Waals surface area contributed by atoms with Crippen LogP contribution in [0, 0.1) is 0 Å². The molecule has 0 heterocycles. The zero-order chi connectivity index (χ0) is 19.0. The predicted octanol–water partition coefficient (Wildman–Crippen LogP) is 7.96.